The number of rotatable bonds is 7. The summed E-state index contributed by atoms with van der Waals surface area (Å²) in [5.41, 5.74) is -0.456. The monoisotopic (exact) mass is 447 g/mol. The van der Waals surface area contributed by atoms with Gasteiger partial charge in [0.05, 0.1) is 29.6 Å². The maximum Gasteiger partial charge on any atom is 0.416 e. The van der Waals surface area contributed by atoms with Gasteiger partial charge >= 0.3 is 12.1 Å². The second kappa shape index (κ2) is 9.63. The van der Waals surface area contributed by atoms with Crippen molar-refractivity contribution in [2.24, 2.45) is 0 Å². The van der Waals surface area contributed by atoms with E-state index in [1.54, 1.807) is 24.3 Å². The fraction of sp³-hybridized carbons (Fsp3) is 0.273. The lowest BCUT2D eigenvalue weighted by Gasteiger charge is -2.14. The Morgan fingerprint density at radius 3 is 2.50 bits per heavy atom. The maximum atomic E-state index is 13.2. The average molecular weight is 447 g/mol. The third-order valence-electron chi connectivity index (χ3n) is 4.73. The number of alkyl halides is 3. The van der Waals surface area contributed by atoms with Crippen LogP contribution in [0, 0.1) is 0 Å². The van der Waals surface area contributed by atoms with Crippen LogP contribution >= 0.6 is 0 Å². The first-order valence-corrected chi connectivity index (χ1v) is 9.70. The van der Waals surface area contributed by atoms with E-state index >= 15 is 0 Å². The Kier molecular flexibility index (Phi) is 6.92. The van der Waals surface area contributed by atoms with E-state index < -0.39 is 35.8 Å². The van der Waals surface area contributed by atoms with E-state index in [2.05, 4.69) is 10.3 Å². The van der Waals surface area contributed by atoms with Crippen LogP contribution in [0.2, 0.25) is 0 Å². The fourth-order valence-corrected chi connectivity index (χ4v) is 3.07. The first-order valence-electron chi connectivity index (χ1n) is 9.70. The lowest BCUT2D eigenvalue weighted by Crippen LogP contribution is -2.28. The van der Waals surface area contributed by atoms with Crippen LogP contribution in [0.4, 0.5) is 13.2 Å². The standard InChI is InChI=1S/C22H20F3N3O4/c1-26-19(29)13-32-20(30)10-8-16-21(31)28(12-14-5-3-2-4-6-14)18-9-7-15(22(23,24)25)11-17(18)27-16/h2-7,9,11H,8,10,12-13H2,1H3,(H,26,29). The summed E-state index contributed by atoms with van der Waals surface area (Å²) in [4.78, 5) is 40.2. The lowest BCUT2D eigenvalue weighted by atomic mass is 10.1. The topological polar surface area (TPSA) is 90.3 Å². The number of likely N-dealkylation sites (N-methyl/N-ethyl adjacent to an activating group) is 1. The minimum Gasteiger partial charge on any atom is -0.456 e. The van der Waals surface area contributed by atoms with Crippen molar-refractivity contribution >= 4 is 22.9 Å². The SMILES string of the molecule is CNC(=O)COC(=O)CCc1nc2cc(C(F)(F)F)ccc2n(Cc2ccccc2)c1=O. The molecule has 0 spiro atoms. The lowest BCUT2D eigenvalue weighted by molar-refractivity contribution is -0.148. The molecule has 0 saturated carbocycles. The van der Waals surface area contributed by atoms with Crippen LogP contribution in [0.3, 0.4) is 0 Å². The number of hydrogen-bond donors (Lipinski definition) is 1. The van der Waals surface area contributed by atoms with Crippen LogP contribution in [0.1, 0.15) is 23.2 Å². The summed E-state index contributed by atoms with van der Waals surface area (Å²) in [6, 6.07) is 12.0. The van der Waals surface area contributed by atoms with Crippen molar-refractivity contribution in [3.8, 4) is 0 Å². The molecule has 1 heterocycles. The molecule has 7 nitrogen and oxygen atoms in total. The quantitative estimate of drug-likeness (QED) is 0.563. The highest BCUT2D eigenvalue weighted by molar-refractivity contribution is 5.80. The smallest absolute Gasteiger partial charge is 0.416 e. The number of fused-ring (bicyclic) bond motifs is 1. The predicted octanol–water partition coefficient (Wildman–Crippen LogP) is 2.69. The molecule has 0 radical (unpaired) electrons. The molecule has 1 N–H and O–H groups in total. The van der Waals surface area contributed by atoms with E-state index in [-0.39, 0.29) is 36.1 Å². The largest absolute Gasteiger partial charge is 0.456 e. The Balaban J connectivity index is 1.97. The molecule has 0 unspecified atom stereocenters. The van der Waals surface area contributed by atoms with E-state index in [0.29, 0.717) is 0 Å². The van der Waals surface area contributed by atoms with E-state index in [1.807, 2.05) is 6.07 Å². The van der Waals surface area contributed by atoms with Crippen molar-refractivity contribution in [2.45, 2.75) is 25.6 Å². The van der Waals surface area contributed by atoms with Gasteiger partial charge in [0.15, 0.2) is 6.61 Å². The molecule has 3 aromatic rings. The van der Waals surface area contributed by atoms with Crippen molar-refractivity contribution in [3.05, 3.63) is 75.7 Å². The third kappa shape index (κ3) is 5.51. The molecular weight excluding hydrogens is 427 g/mol. The van der Waals surface area contributed by atoms with Crippen LogP contribution in [0.15, 0.2) is 53.3 Å². The first kappa shape index (κ1) is 23.0. The Hall–Kier alpha value is -3.69. The van der Waals surface area contributed by atoms with Gasteiger partial charge in [-0.3, -0.25) is 14.4 Å². The summed E-state index contributed by atoms with van der Waals surface area (Å²) in [5, 5.41) is 2.30. The van der Waals surface area contributed by atoms with E-state index in [9.17, 15) is 27.6 Å². The number of hydrogen-bond acceptors (Lipinski definition) is 5. The molecule has 0 bridgehead atoms. The number of aromatic nitrogens is 2. The number of carbonyl (C=O) groups is 2. The second-order valence-electron chi connectivity index (χ2n) is 6.97. The minimum atomic E-state index is -4.57. The van der Waals surface area contributed by atoms with Gasteiger partial charge in [-0.25, -0.2) is 4.98 Å². The van der Waals surface area contributed by atoms with Crippen LogP contribution in [-0.2, 0) is 33.5 Å². The van der Waals surface area contributed by atoms with Crippen molar-refractivity contribution in [1.82, 2.24) is 14.9 Å². The minimum absolute atomic E-state index is 0.0101. The Morgan fingerprint density at radius 2 is 1.84 bits per heavy atom. The van der Waals surface area contributed by atoms with Crippen LogP contribution in [0.25, 0.3) is 11.0 Å². The molecule has 0 saturated heterocycles. The molecule has 168 valence electrons. The molecular formula is C22H20F3N3O4. The van der Waals surface area contributed by atoms with Crippen molar-refractivity contribution in [2.75, 3.05) is 13.7 Å². The molecule has 0 aliphatic rings. The Labute approximate surface area is 180 Å². The molecule has 0 aliphatic heterocycles. The van der Waals surface area contributed by atoms with Gasteiger partial charge in [-0.1, -0.05) is 30.3 Å². The summed E-state index contributed by atoms with van der Waals surface area (Å²) in [6.45, 7) is -0.341. The molecule has 2 aromatic carbocycles. The van der Waals surface area contributed by atoms with E-state index in [4.69, 9.17) is 4.74 Å². The van der Waals surface area contributed by atoms with Crippen molar-refractivity contribution in [3.63, 3.8) is 0 Å². The van der Waals surface area contributed by atoms with Gasteiger partial charge in [-0.05, 0) is 23.8 Å². The third-order valence-corrected chi connectivity index (χ3v) is 4.73. The van der Waals surface area contributed by atoms with Gasteiger partial charge in [0.2, 0.25) is 0 Å². The summed E-state index contributed by atoms with van der Waals surface area (Å²) in [7, 11) is 1.39. The highest BCUT2D eigenvalue weighted by atomic mass is 19.4. The van der Waals surface area contributed by atoms with Gasteiger partial charge in [0.25, 0.3) is 11.5 Å². The average Bonchev–Trinajstić information content (AvgIpc) is 2.77. The zero-order valence-electron chi connectivity index (χ0n) is 17.1. The second-order valence-corrected chi connectivity index (χ2v) is 6.97. The Bertz CT molecular complexity index is 1190. The summed E-state index contributed by atoms with van der Waals surface area (Å²) in [6.07, 6.45) is -4.97. The number of halogens is 3. The number of nitrogens with zero attached hydrogens (tertiary/aromatic N) is 2. The van der Waals surface area contributed by atoms with Gasteiger partial charge in [-0.15, -0.1) is 0 Å². The first-order chi connectivity index (χ1) is 15.2. The summed E-state index contributed by atoms with van der Waals surface area (Å²) in [5.74, 6) is -1.22. The molecule has 1 aromatic heterocycles. The maximum absolute atomic E-state index is 13.2. The zero-order chi connectivity index (χ0) is 23.3. The number of carbonyl (C=O) groups excluding carboxylic acids is 2. The highest BCUT2D eigenvalue weighted by Crippen LogP contribution is 2.31. The number of aryl methyl sites for hydroxylation is 1. The van der Waals surface area contributed by atoms with E-state index in [1.165, 1.54) is 17.7 Å². The van der Waals surface area contributed by atoms with Gasteiger partial charge in [-0.2, -0.15) is 13.2 Å². The molecule has 32 heavy (non-hydrogen) atoms. The predicted molar refractivity (Wildman–Crippen MR) is 110 cm³/mol. The fourth-order valence-electron chi connectivity index (χ4n) is 3.07. The number of amides is 1. The van der Waals surface area contributed by atoms with Crippen LogP contribution in [-0.4, -0.2) is 35.1 Å². The number of nitrogens with one attached hydrogen (secondary N) is 1. The highest BCUT2D eigenvalue weighted by Gasteiger charge is 2.31. The summed E-state index contributed by atoms with van der Waals surface area (Å²) < 4.78 is 45.7. The molecule has 0 aliphatic carbocycles. The van der Waals surface area contributed by atoms with Crippen LogP contribution < -0.4 is 10.9 Å². The molecule has 0 fully saturated rings. The normalized spacial score (nSPS) is 11.4. The Morgan fingerprint density at radius 1 is 1.12 bits per heavy atom. The molecule has 1 amide bonds. The number of ether oxygens (including phenoxy) is 1. The van der Waals surface area contributed by atoms with Gasteiger partial charge < -0.3 is 14.6 Å². The zero-order valence-corrected chi connectivity index (χ0v) is 17.1. The van der Waals surface area contributed by atoms with E-state index in [0.717, 1.165) is 17.7 Å². The van der Waals surface area contributed by atoms with Crippen molar-refractivity contribution < 1.29 is 27.5 Å². The summed E-state index contributed by atoms with van der Waals surface area (Å²) >= 11 is 0. The number of esters is 1. The molecule has 3 rings (SSSR count). The van der Waals surface area contributed by atoms with Gasteiger partial charge in [0, 0.05) is 13.5 Å². The molecule has 0 atom stereocenters. The number of benzene rings is 2. The molecule has 10 heteroatoms. The van der Waals surface area contributed by atoms with Crippen molar-refractivity contribution in [1.29, 1.82) is 0 Å². The van der Waals surface area contributed by atoms with Gasteiger partial charge in [0.1, 0.15) is 5.69 Å². The van der Waals surface area contributed by atoms with Crippen LogP contribution in [0.5, 0.6) is 0 Å².